The number of phenols is 1. The van der Waals surface area contributed by atoms with Gasteiger partial charge >= 0.3 is 0 Å². The summed E-state index contributed by atoms with van der Waals surface area (Å²) in [6, 6.07) is 3.57. The van der Waals surface area contributed by atoms with Gasteiger partial charge in [0.1, 0.15) is 26.9 Å². The molecular formula is C21H18Cl3N5O5S. The maximum Gasteiger partial charge on any atom is 0.257 e. The third-order valence-electron chi connectivity index (χ3n) is 4.77. The number of hydrogen-bond acceptors (Lipinski definition) is 8. The average molecular weight is 559 g/mol. The molecule has 1 atom stereocenters. The number of benzene rings is 1. The van der Waals surface area contributed by atoms with Crippen molar-refractivity contribution in [3.05, 3.63) is 63.4 Å². The zero-order valence-electron chi connectivity index (χ0n) is 18.2. The molecule has 0 saturated carbocycles. The molecule has 0 aliphatic heterocycles. The Kier molecular flexibility index (Phi) is 8.16. The highest BCUT2D eigenvalue weighted by atomic mass is 35.5. The molecule has 0 fully saturated rings. The third-order valence-corrected chi connectivity index (χ3v) is 7.94. The van der Waals surface area contributed by atoms with E-state index in [9.17, 15) is 23.1 Å². The van der Waals surface area contributed by atoms with Crippen molar-refractivity contribution in [2.24, 2.45) is 0 Å². The molecule has 0 aliphatic carbocycles. The van der Waals surface area contributed by atoms with E-state index in [-0.39, 0.29) is 43.5 Å². The fourth-order valence-electron chi connectivity index (χ4n) is 2.95. The van der Waals surface area contributed by atoms with Crippen molar-refractivity contribution in [2.75, 3.05) is 10.6 Å². The molecule has 10 nitrogen and oxygen atoms in total. The number of pyridine rings is 1. The summed E-state index contributed by atoms with van der Waals surface area (Å²) >= 11 is 17.8. The van der Waals surface area contributed by atoms with Gasteiger partial charge in [-0.1, -0.05) is 41.7 Å². The molecule has 0 aliphatic rings. The molecule has 184 valence electrons. The zero-order chi connectivity index (χ0) is 25.9. The molecular weight excluding hydrogens is 541 g/mol. The second-order valence-corrected chi connectivity index (χ2v) is 10.5. The number of halogens is 3. The third kappa shape index (κ3) is 5.99. The number of nitrogens with zero attached hydrogens (tertiary/aromatic N) is 3. The predicted molar refractivity (Wildman–Crippen MR) is 132 cm³/mol. The van der Waals surface area contributed by atoms with Gasteiger partial charge in [-0.3, -0.25) is 9.59 Å². The summed E-state index contributed by atoms with van der Waals surface area (Å²) < 4.78 is 25.8. The number of aromatic nitrogens is 3. The van der Waals surface area contributed by atoms with Crippen molar-refractivity contribution in [1.82, 2.24) is 15.0 Å². The number of amides is 2. The van der Waals surface area contributed by atoms with E-state index in [1.165, 1.54) is 25.3 Å². The van der Waals surface area contributed by atoms with Gasteiger partial charge in [0.2, 0.25) is 5.91 Å². The van der Waals surface area contributed by atoms with Crippen LogP contribution in [0.2, 0.25) is 15.2 Å². The summed E-state index contributed by atoms with van der Waals surface area (Å²) in [7, 11) is -4.10. The summed E-state index contributed by atoms with van der Waals surface area (Å²) in [6.45, 7) is 3.13. The molecule has 35 heavy (non-hydrogen) atoms. The van der Waals surface area contributed by atoms with Crippen molar-refractivity contribution in [3.8, 4) is 5.75 Å². The summed E-state index contributed by atoms with van der Waals surface area (Å²) in [5, 5.41) is 13.8. The van der Waals surface area contributed by atoms with Crippen LogP contribution < -0.4 is 10.6 Å². The molecule has 3 rings (SSSR count). The summed E-state index contributed by atoms with van der Waals surface area (Å²) in [6.07, 6.45) is 3.42. The van der Waals surface area contributed by atoms with Gasteiger partial charge in [-0.15, -0.1) is 0 Å². The minimum absolute atomic E-state index is 0.0245. The van der Waals surface area contributed by atoms with Gasteiger partial charge in [-0.2, -0.15) is 0 Å². The van der Waals surface area contributed by atoms with Crippen LogP contribution in [0, 0.1) is 6.92 Å². The van der Waals surface area contributed by atoms with Crippen molar-refractivity contribution in [2.45, 2.75) is 30.4 Å². The fraction of sp³-hybridized carbons (Fsp3) is 0.190. The number of carbonyl (C=O) groups excluding carboxylic acids is 2. The van der Waals surface area contributed by atoms with E-state index in [2.05, 4.69) is 25.6 Å². The highest BCUT2D eigenvalue weighted by Gasteiger charge is 2.33. The van der Waals surface area contributed by atoms with Crippen molar-refractivity contribution >= 4 is 67.8 Å². The molecule has 0 spiro atoms. The summed E-state index contributed by atoms with van der Waals surface area (Å²) in [5.41, 5.74) is -0.0545. The molecule has 2 aromatic heterocycles. The Balaban J connectivity index is 1.80. The van der Waals surface area contributed by atoms with E-state index < -0.39 is 32.7 Å². The molecule has 2 heterocycles. The molecule has 2 amide bonds. The van der Waals surface area contributed by atoms with Crippen LogP contribution in [0.15, 0.2) is 41.7 Å². The van der Waals surface area contributed by atoms with Crippen LogP contribution in [-0.4, -0.2) is 45.5 Å². The van der Waals surface area contributed by atoms with E-state index in [0.717, 1.165) is 18.5 Å². The molecule has 1 aromatic carbocycles. The largest absolute Gasteiger partial charge is 0.506 e. The van der Waals surface area contributed by atoms with Crippen LogP contribution >= 0.6 is 34.8 Å². The van der Waals surface area contributed by atoms with E-state index in [0.29, 0.717) is 5.82 Å². The number of hydrogen-bond donors (Lipinski definition) is 3. The van der Waals surface area contributed by atoms with Crippen LogP contribution in [-0.2, 0) is 14.6 Å². The highest BCUT2D eigenvalue weighted by Crippen LogP contribution is 2.35. The van der Waals surface area contributed by atoms with E-state index in [1.807, 2.05) is 0 Å². The lowest BCUT2D eigenvalue weighted by molar-refractivity contribution is -0.115. The minimum Gasteiger partial charge on any atom is -0.506 e. The number of aromatic hydroxyl groups is 1. The van der Waals surface area contributed by atoms with E-state index in [1.54, 1.807) is 6.92 Å². The van der Waals surface area contributed by atoms with E-state index >= 15 is 0 Å². The van der Waals surface area contributed by atoms with Crippen LogP contribution in [0.25, 0.3) is 0 Å². The quantitative estimate of drug-likeness (QED) is 0.287. The van der Waals surface area contributed by atoms with E-state index in [4.69, 9.17) is 34.8 Å². The maximum absolute atomic E-state index is 12.9. The Morgan fingerprint density at radius 1 is 0.971 bits per heavy atom. The zero-order valence-corrected chi connectivity index (χ0v) is 21.3. The summed E-state index contributed by atoms with van der Waals surface area (Å²) in [5.74, 6) is -1.58. The Labute approximate surface area is 215 Å². The van der Waals surface area contributed by atoms with Crippen LogP contribution in [0.4, 0.5) is 11.4 Å². The standard InChI is InChI=1S/C21H18Cl3N5O5S/c1-3-18(35(33,34)12-8-25-10(2)26-9-12)21(32)28-15-6-17(30)16(5-13(15)22)29-20(31)11-4-14(23)19(24)27-7-11/h4-9,18,30H,3H2,1-2H3,(H,28,32)(H,29,31). The topological polar surface area (TPSA) is 151 Å². The first-order chi connectivity index (χ1) is 16.4. The van der Waals surface area contributed by atoms with Crippen LogP contribution in [0.3, 0.4) is 0 Å². The molecule has 14 heteroatoms. The molecule has 3 aromatic rings. The van der Waals surface area contributed by atoms with Crippen LogP contribution in [0.5, 0.6) is 5.75 Å². The smallest absolute Gasteiger partial charge is 0.257 e. The first kappa shape index (κ1) is 26.6. The lowest BCUT2D eigenvalue weighted by atomic mass is 10.2. The molecule has 0 bridgehead atoms. The van der Waals surface area contributed by atoms with Crippen LogP contribution in [0.1, 0.15) is 29.5 Å². The second kappa shape index (κ2) is 10.7. The fourth-order valence-corrected chi connectivity index (χ4v) is 4.94. The Hall–Kier alpha value is -2.99. The Morgan fingerprint density at radius 2 is 1.63 bits per heavy atom. The van der Waals surface area contributed by atoms with Gasteiger partial charge in [0, 0.05) is 24.7 Å². The molecule has 0 radical (unpaired) electrons. The van der Waals surface area contributed by atoms with Crippen molar-refractivity contribution in [1.29, 1.82) is 0 Å². The molecule has 0 saturated heterocycles. The average Bonchev–Trinajstić information content (AvgIpc) is 2.79. The molecule has 1 unspecified atom stereocenters. The van der Waals surface area contributed by atoms with Crippen molar-refractivity contribution < 1.29 is 23.1 Å². The molecule has 3 N–H and O–H groups in total. The highest BCUT2D eigenvalue weighted by molar-refractivity contribution is 7.92. The maximum atomic E-state index is 12.9. The van der Waals surface area contributed by atoms with Gasteiger partial charge in [0.05, 0.1) is 27.0 Å². The normalized spacial score (nSPS) is 12.1. The summed E-state index contributed by atoms with van der Waals surface area (Å²) in [4.78, 5) is 36.6. The van der Waals surface area contributed by atoms with Gasteiger partial charge < -0.3 is 15.7 Å². The number of rotatable bonds is 7. The second-order valence-electron chi connectivity index (χ2n) is 7.20. The Bertz CT molecular complexity index is 1400. The lowest BCUT2D eigenvalue weighted by Gasteiger charge is -2.17. The lowest BCUT2D eigenvalue weighted by Crippen LogP contribution is -2.35. The number of anilines is 2. The minimum atomic E-state index is -4.10. The first-order valence-electron chi connectivity index (χ1n) is 9.92. The number of sulfone groups is 1. The van der Waals surface area contributed by atoms with Gasteiger partial charge in [0.25, 0.3) is 5.91 Å². The van der Waals surface area contributed by atoms with Gasteiger partial charge in [-0.05, 0) is 25.5 Å². The predicted octanol–water partition coefficient (Wildman–Crippen LogP) is 4.29. The van der Waals surface area contributed by atoms with Crippen molar-refractivity contribution in [3.63, 3.8) is 0 Å². The number of carbonyl (C=O) groups is 2. The Morgan fingerprint density at radius 3 is 2.23 bits per heavy atom. The monoisotopic (exact) mass is 557 g/mol. The number of phenolic OH excluding ortho intramolecular Hbond substituents is 1. The number of nitrogens with one attached hydrogen (secondary N) is 2. The first-order valence-corrected chi connectivity index (χ1v) is 12.6. The van der Waals surface area contributed by atoms with Gasteiger partial charge in [0.15, 0.2) is 9.84 Å². The van der Waals surface area contributed by atoms with Gasteiger partial charge in [-0.25, -0.2) is 23.4 Å². The number of aryl methyl sites for hydroxylation is 1. The SMILES string of the molecule is CCC(C(=O)Nc1cc(O)c(NC(=O)c2cnc(Cl)c(Cl)c2)cc1Cl)S(=O)(=O)c1cnc(C)nc1.